The Labute approximate surface area is 132 Å². The normalized spacial score (nSPS) is 21.9. The molecule has 2 aliphatic rings. The van der Waals surface area contributed by atoms with Gasteiger partial charge in [-0.15, -0.1) is 23.5 Å². The van der Waals surface area contributed by atoms with Crippen molar-refractivity contribution in [2.45, 2.75) is 19.3 Å². The smallest absolute Gasteiger partial charge is 0.186 e. The van der Waals surface area contributed by atoms with Crippen LogP contribution in [0.5, 0.6) is 0 Å². The van der Waals surface area contributed by atoms with Crippen molar-refractivity contribution in [3.8, 4) is 0 Å². The Balaban J connectivity index is 1.83. The molecule has 1 saturated heterocycles. The number of rotatable bonds is 1. The summed E-state index contributed by atoms with van der Waals surface area (Å²) in [5, 5.41) is 0.725. The fourth-order valence-electron chi connectivity index (χ4n) is 2.38. The third kappa shape index (κ3) is 3.16. The number of benzene rings is 1. The maximum Gasteiger partial charge on any atom is 0.186 e. The number of Topliss-reactive ketones (excluding diaryl/α,β-unsaturated/α-hetero) is 1. The molecular weight excluding hydrogens is 308 g/mol. The average molecular weight is 323 g/mol. The third-order valence-corrected chi connectivity index (χ3v) is 6.38. The standard InChI is InChI=1S/C16H15ClOS2/c17-13-5-2-11(3-6-13)10-12-4-7-14(15(12)18)16-19-8-1-9-20-16/h2-3,5-6,10H,1,4,7-9H2/b12-10-. The van der Waals surface area contributed by atoms with Crippen molar-refractivity contribution in [1.29, 1.82) is 0 Å². The lowest BCUT2D eigenvalue weighted by molar-refractivity contribution is -0.111. The van der Waals surface area contributed by atoms with Crippen LogP contribution in [-0.4, -0.2) is 17.3 Å². The summed E-state index contributed by atoms with van der Waals surface area (Å²) >= 11 is 9.58. The second-order valence-electron chi connectivity index (χ2n) is 4.87. The summed E-state index contributed by atoms with van der Waals surface area (Å²) in [5.74, 6) is 2.54. The lowest BCUT2D eigenvalue weighted by Gasteiger charge is -2.14. The Bertz CT molecular complexity index is 579. The molecule has 0 bridgehead atoms. The fraction of sp³-hybridized carbons (Fsp3) is 0.312. The van der Waals surface area contributed by atoms with Gasteiger partial charge in [0.25, 0.3) is 0 Å². The molecule has 20 heavy (non-hydrogen) atoms. The van der Waals surface area contributed by atoms with Crippen LogP contribution in [0.2, 0.25) is 5.02 Å². The highest BCUT2D eigenvalue weighted by atomic mass is 35.5. The number of hydrogen-bond donors (Lipinski definition) is 0. The number of thioether (sulfide) groups is 2. The molecule has 0 radical (unpaired) electrons. The molecule has 0 N–H and O–H groups in total. The maximum atomic E-state index is 12.5. The van der Waals surface area contributed by atoms with Gasteiger partial charge in [-0.05, 0) is 54.5 Å². The van der Waals surface area contributed by atoms with Gasteiger partial charge in [0.2, 0.25) is 0 Å². The van der Waals surface area contributed by atoms with Crippen LogP contribution in [0.15, 0.2) is 39.6 Å². The number of carbonyl (C=O) groups is 1. The molecule has 1 saturated carbocycles. The molecule has 1 nitrogen and oxygen atoms in total. The van der Waals surface area contributed by atoms with Crippen molar-refractivity contribution >= 4 is 47.0 Å². The van der Waals surface area contributed by atoms with Gasteiger partial charge in [0.15, 0.2) is 5.78 Å². The second-order valence-corrected chi connectivity index (χ2v) is 7.77. The van der Waals surface area contributed by atoms with Crippen LogP contribution >= 0.6 is 35.1 Å². The summed E-state index contributed by atoms with van der Waals surface area (Å²) < 4.78 is 1.26. The van der Waals surface area contributed by atoms with Crippen LogP contribution in [0.4, 0.5) is 0 Å². The minimum absolute atomic E-state index is 0.247. The molecular formula is C16H15ClOS2. The highest BCUT2D eigenvalue weighted by molar-refractivity contribution is 8.22. The van der Waals surface area contributed by atoms with E-state index in [1.807, 2.05) is 53.9 Å². The van der Waals surface area contributed by atoms with Crippen LogP contribution < -0.4 is 0 Å². The molecule has 1 aliphatic heterocycles. The molecule has 1 aromatic rings. The van der Waals surface area contributed by atoms with Crippen LogP contribution in [0.25, 0.3) is 6.08 Å². The number of carbonyl (C=O) groups excluding carboxylic acids is 1. The highest BCUT2D eigenvalue weighted by Gasteiger charge is 2.27. The van der Waals surface area contributed by atoms with Gasteiger partial charge in [0.1, 0.15) is 0 Å². The Morgan fingerprint density at radius 1 is 1.05 bits per heavy atom. The summed E-state index contributed by atoms with van der Waals surface area (Å²) in [5.41, 5.74) is 3.02. The van der Waals surface area contributed by atoms with Gasteiger partial charge in [0, 0.05) is 20.4 Å². The van der Waals surface area contributed by atoms with E-state index in [1.165, 1.54) is 10.7 Å². The van der Waals surface area contributed by atoms with Crippen molar-refractivity contribution in [2.24, 2.45) is 0 Å². The molecule has 0 atom stereocenters. The summed E-state index contributed by atoms with van der Waals surface area (Å²) in [6.07, 6.45) is 5.01. The minimum atomic E-state index is 0.247. The maximum absolute atomic E-state index is 12.5. The van der Waals surface area contributed by atoms with Crippen molar-refractivity contribution in [2.75, 3.05) is 11.5 Å². The van der Waals surface area contributed by atoms with Crippen LogP contribution in [0.1, 0.15) is 24.8 Å². The van der Waals surface area contributed by atoms with E-state index in [2.05, 4.69) is 0 Å². The summed E-state index contributed by atoms with van der Waals surface area (Å²) in [4.78, 5) is 12.5. The molecule has 104 valence electrons. The predicted octanol–water partition coefficient (Wildman–Crippen LogP) is 5.17. The van der Waals surface area contributed by atoms with Gasteiger partial charge < -0.3 is 0 Å². The second kappa shape index (κ2) is 6.42. The van der Waals surface area contributed by atoms with Gasteiger partial charge in [-0.2, -0.15) is 0 Å². The van der Waals surface area contributed by atoms with E-state index in [0.717, 1.165) is 46.1 Å². The van der Waals surface area contributed by atoms with Gasteiger partial charge in [0.05, 0.1) is 0 Å². The Morgan fingerprint density at radius 2 is 1.75 bits per heavy atom. The van der Waals surface area contributed by atoms with Gasteiger partial charge in [-0.3, -0.25) is 4.79 Å². The minimum Gasteiger partial charge on any atom is -0.289 e. The Kier molecular flexibility index (Phi) is 4.59. The van der Waals surface area contributed by atoms with E-state index in [9.17, 15) is 4.79 Å². The molecule has 0 spiro atoms. The molecule has 2 fully saturated rings. The number of halogens is 1. The first-order valence-electron chi connectivity index (χ1n) is 6.73. The van der Waals surface area contributed by atoms with E-state index >= 15 is 0 Å². The summed E-state index contributed by atoms with van der Waals surface area (Å²) in [7, 11) is 0. The summed E-state index contributed by atoms with van der Waals surface area (Å²) in [6, 6.07) is 7.63. The van der Waals surface area contributed by atoms with E-state index < -0.39 is 0 Å². The van der Waals surface area contributed by atoms with E-state index in [1.54, 1.807) is 0 Å². The first-order valence-corrected chi connectivity index (χ1v) is 9.08. The summed E-state index contributed by atoms with van der Waals surface area (Å²) in [6.45, 7) is 0. The molecule has 0 amide bonds. The molecule has 4 heteroatoms. The number of allylic oxidation sites excluding steroid dienone is 2. The lowest BCUT2D eigenvalue weighted by Crippen LogP contribution is -2.01. The largest absolute Gasteiger partial charge is 0.289 e. The van der Waals surface area contributed by atoms with E-state index in [-0.39, 0.29) is 5.78 Å². The zero-order chi connectivity index (χ0) is 13.9. The molecule has 0 unspecified atom stereocenters. The quantitative estimate of drug-likeness (QED) is 0.664. The lowest BCUT2D eigenvalue weighted by atomic mass is 10.1. The fourth-order valence-corrected chi connectivity index (χ4v) is 5.21. The molecule has 1 aliphatic carbocycles. The topological polar surface area (TPSA) is 17.1 Å². The van der Waals surface area contributed by atoms with Crippen molar-refractivity contribution < 1.29 is 4.79 Å². The van der Waals surface area contributed by atoms with Gasteiger partial charge in [-0.1, -0.05) is 23.7 Å². The van der Waals surface area contributed by atoms with Crippen LogP contribution in [0, 0.1) is 0 Å². The Hall–Kier alpha value is -0.640. The molecule has 1 heterocycles. The van der Waals surface area contributed by atoms with Gasteiger partial charge in [-0.25, -0.2) is 0 Å². The van der Waals surface area contributed by atoms with E-state index in [4.69, 9.17) is 11.6 Å². The zero-order valence-electron chi connectivity index (χ0n) is 11.0. The van der Waals surface area contributed by atoms with E-state index in [0.29, 0.717) is 0 Å². The first kappa shape index (κ1) is 14.3. The number of ketones is 1. The zero-order valence-corrected chi connectivity index (χ0v) is 13.4. The number of hydrogen-bond acceptors (Lipinski definition) is 3. The molecule has 1 aromatic carbocycles. The predicted molar refractivity (Wildman–Crippen MR) is 90.2 cm³/mol. The van der Waals surface area contributed by atoms with Crippen LogP contribution in [0.3, 0.4) is 0 Å². The molecule has 0 aromatic heterocycles. The molecule has 3 rings (SSSR count). The third-order valence-electron chi connectivity index (χ3n) is 3.42. The highest BCUT2D eigenvalue weighted by Crippen LogP contribution is 2.42. The van der Waals surface area contributed by atoms with Crippen molar-refractivity contribution in [3.05, 3.63) is 50.2 Å². The average Bonchev–Trinajstić information content (AvgIpc) is 2.84. The monoisotopic (exact) mass is 322 g/mol. The Morgan fingerprint density at radius 3 is 2.45 bits per heavy atom. The van der Waals surface area contributed by atoms with Crippen LogP contribution in [-0.2, 0) is 4.79 Å². The van der Waals surface area contributed by atoms with Crippen molar-refractivity contribution in [1.82, 2.24) is 0 Å². The first-order chi connectivity index (χ1) is 9.74. The van der Waals surface area contributed by atoms with Gasteiger partial charge >= 0.3 is 0 Å². The van der Waals surface area contributed by atoms with Crippen molar-refractivity contribution in [3.63, 3.8) is 0 Å². The SMILES string of the molecule is O=C1C(=C2SCCCS2)CC/C1=C/c1ccc(Cl)cc1.